The van der Waals surface area contributed by atoms with Crippen molar-refractivity contribution < 1.29 is 4.79 Å². The van der Waals surface area contributed by atoms with E-state index in [1.165, 1.54) is 5.56 Å². The average Bonchev–Trinajstić information content (AvgIpc) is 2.29. The van der Waals surface area contributed by atoms with E-state index in [2.05, 4.69) is 12.1 Å². The van der Waals surface area contributed by atoms with Gasteiger partial charge in [0.2, 0.25) is 0 Å². The summed E-state index contributed by atoms with van der Waals surface area (Å²) in [5.74, 6) is 0.300. The smallest absolute Gasteiger partial charge is 0.136 e. The number of aryl methyl sites for hydroxylation is 1. The van der Waals surface area contributed by atoms with Gasteiger partial charge in [-0.25, -0.2) is 0 Å². The molecule has 1 rings (SSSR count). The van der Waals surface area contributed by atoms with Crippen LogP contribution in [0.4, 0.5) is 0 Å². The van der Waals surface area contributed by atoms with Gasteiger partial charge in [-0.15, -0.1) is 0 Å². The van der Waals surface area contributed by atoms with E-state index >= 15 is 0 Å². The molecule has 1 unspecified atom stereocenters. The van der Waals surface area contributed by atoms with Gasteiger partial charge in [0.05, 0.1) is 0 Å². The lowest BCUT2D eigenvalue weighted by molar-refractivity contribution is -0.122. The zero-order chi connectivity index (χ0) is 11.1. The summed E-state index contributed by atoms with van der Waals surface area (Å²) in [7, 11) is 0. The zero-order valence-electron chi connectivity index (χ0n) is 9.28. The van der Waals surface area contributed by atoms with Gasteiger partial charge in [0, 0.05) is 18.9 Å². The SMILES string of the molecule is CC(CN)C(=O)CCCc1ccccc1. The first-order valence-corrected chi connectivity index (χ1v) is 5.50. The molecule has 15 heavy (non-hydrogen) atoms. The van der Waals surface area contributed by atoms with Crippen molar-refractivity contribution in [1.29, 1.82) is 0 Å². The zero-order valence-corrected chi connectivity index (χ0v) is 9.28. The minimum absolute atomic E-state index is 0.0146. The van der Waals surface area contributed by atoms with Gasteiger partial charge in [-0.05, 0) is 18.4 Å². The molecule has 0 aromatic heterocycles. The third-order valence-corrected chi connectivity index (χ3v) is 2.63. The van der Waals surface area contributed by atoms with Crippen LogP contribution in [0.2, 0.25) is 0 Å². The van der Waals surface area contributed by atoms with E-state index in [1.807, 2.05) is 25.1 Å². The van der Waals surface area contributed by atoms with Gasteiger partial charge in [-0.1, -0.05) is 37.3 Å². The molecular formula is C13H19NO. The molecule has 1 atom stereocenters. The monoisotopic (exact) mass is 205 g/mol. The maximum absolute atomic E-state index is 11.5. The van der Waals surface area contributed by atoms with Crippen LogP contribution in [0.25, 0.3) is 0 Å². The van der Waals surface area contributed by atoms with Crippen LogP contribution < -0.4 is 5.73 Å². The van der Waals surface area contributed by atoms with Gasteiger partial charge in [0.1, 0.15) is 5.78 Å². The molecule has 0 radical (unpaired) electrons. The van der Waals surface area contributed by atoms with E-state index in [-0.39, 0.29) is 11.7 Å². The molecule has 0 aliphatic carbocycles. The van der Waals surface area contributed by atoms with Crippen molar-refractivity contribution in [2.45, 2.75) is 26.2 Å². The largest absolute Gasteiger partial charge is 0.330 e. The molecule has 1 aromatic rings. The maximum Gasteiger partial charge on any atom is 0.136 e. The average molecular weight is 205 g/mol. The number of carbonyl (C=O) groups excluding carboxylic acids is 1. The second-order valence-electron chi connectivity index (χ2n) is 3.94. The lowest BCUT2D eigenvalue weighted by atomic mass is 10.00. The number of nitrogens with two attached hydrogens (primary N) is 1. The molecule has 2 N–H and O–H groups in total. The fourth-order valence-corrected chi connectivity index (χ4v) is 1.49. The molecule has 2 nitrogen and oxygen atoms in total. The Morgan fingerprint density at radius 2 is 2.00 bits per heavy atom. The van der Waals surface area contributed by atoms with Crippen LogP contribution in [0.5, 0.6) is 0 Å². The molecule has 0 spiro atoms. The molecule has 2 heteroatoms. The topological polar surface area (TPSA) is 43.1 Å². The van der Waals surface area contributed by atoms with Crippen molar-refractivity contribution >= 4 is 5.78 Å². The summed E-state index contributed by atoms with van der Waals surface area (Å²) in [6.45, 7) is 2.36. The Morgan fingerprint density at radius 1 is 1.33 bits per heavy atom. The standard InChI is InChI=1S/C13H19NO/c1-11(10-14)13(15)9-5-8-12-6-3-2-4-7-12/h2-4,6-7,11H,5,8-10,14H2,1H3. The Bertz CT molecular complexity index is 295. The fourth-order valence-electron chi connectivity index (χ4n) is 1.49. The Hall–Kier alpha value is -1.15. The number of Topliss-reactive ketones (excluding diaryl/α,β-unsaturated/α-hetero) is 1. The number of carbonyl (C=O) groups is 1. The van der Waals surface area contributed by atoms with Gasteiger partial charge >= 0.3 is 0 Å². The summed E-state index contributed by atoms with van der Waals surface area (Å²) in [6.07, 6.45) is 2.55. The van der Waals surface area contributed by atoms with Gasteiger partial charge < -0.3 is 5.73 Å². The fraction of sp³-hybridized carbons (Fsp3) is 0.462. The van der Waals surface area contributed by atoms with Gasteiger partial charge in [0.25, 0.3) is 0 Å². The molecule has 1 aromatic carbocycles. The molecule has 0 aliphatic rings. The number of rotatable bonds is 6. The van der Waals surface area contributed by atoms with Crippen molar-refractivity contribution in [3.63, 3.8) is 0 Å². The maximum atomic E-state index is 11.5. The van der Waals surface area contributed by atoms with Crippen LogP contribution in [-0.2, 0) is 11.2 Å². The normalized spacial score (nSPS) is 12.4. The van der Waals surface area contributed by atoms with Crippen molar-refractivity contribution in [3.8, 4) is 0 Å². The summed E-state index contributed by atoms with van der Waals surface area (Å²) in [6, 6.07) is 10.2. The van der Waals surface area contributed by atoms with Crippen LogP contribution in [-0.4, -0.2) is 12.3 Å². The van der Waals surface area contributed by atoms with E-state index in [0.717, 1.165) is 12.8 Å². The van der Waals surface area contributed by atoms with Crippen LogP contribution in [0.3, 0.4) is 0 Å². The number of benzene rings is 1. The highest BCUT2D eigenvalue weighted by Crippen LogP contribution is 2.07. The number of ketones is 1. The van der Waals surface area contributed by atoms with Crippen molar-refractivity contribution in [1.82, 2.24) is 0 Å². The predicted octanol–water partition coefficient (Wildman–Crippen LogP) is 2.17. The Kier molecular flexibility index (Phi) is 5.05. The van der Waals surface area contributed by atoms with E-state index in [4.69, 9.17) is 5.73 Å². The number of hydrogen-bond donors (Lipinski definition) is 1. The molecule has 0 saturated heterocycles. The summed E-state index contributed by atoms with van der Waals surface area (Å²) >= 11 is 0. The molecule has 0 aliphatic heterocycles. The van der Waals surface area contributed by atoms with E-state index < -0.39 is 0 Å². The molecule has 82 valence electrons. The molecule has 0 amide bonds. The third-order valence-electron chi connectivity index (χ3n) is 2.63. The van der Waals surface area contributed by atoms with Gasteiger partial charge in [-0.2, -0.15) is 0 Å². The molecule has 0 saturated carbocycles. The summed E-state index contributed by atoms with van der Waals surface area (Å²) in [5, 5.41) is 0. The highest BCUT2D eigenvalue weighted by Gasteiger charge is 2.09. The second kappa shape index (κ2) is 6.36. The Balaban J connectivity index is 2.25. The predicted molar refractivity (Wildman–Crippen MR) is 62.6 cm³/mol. The first kappa shape index (κ1) is 11.9. The Morgan fingerprint density at radius 3 is 2.60 bits per heavy atom. The highest BCUT2D eigenvalue weighted by molar-refractivity contribution is 5.80. The number of hydrogen-bond acceptors (Lipinski definition) is 2. The molecule has 0 bridgehead atoms. The minimum atomic E-state index is 0.0146. The van der Waals surface area contributed by atoms with Gasteiger partial charge in [0.15, 0.2) is 0 Å². The molecule has 0 fully saturated rings. The van der Waals surface area contributed by atoms with Crippen molar-refractivity contribution in [2.75, 3.05) is 6.54 Å². The lowest BCUT2D eigenvalue weighted by Crippen LogP contribution is -2.20. The highest BCUT2D eigenvalue weighted by atomic mass is 16.1. The third kappa shape index (κ3) is 4.26. The molecule has 0 heterocycles. The molecular weight excluding hydrogens is 186 g/mol. The summed E-state index contributed by atoms with van der Waals surface area (Å²) in [4.78, 5) is 11.5. The minimum Gasteiger partial charge on any atom is -0.330 e. The summed E-state index contributed by atoms with van der Waals surface area (Å²) in [5.41, 5.74) is 6.73. The van der Waals surface area contributed by atoms with Crippen molar-refractivity contribution in [3.05, 3.63) is 35.9 Å². The van der Waals surface area contributed by atoms with Crippen LogP contribution >= 0.6 is 0 Å². The Labute approximate surface area is 91.5 Å². The van der Waals surface area contributed by atoms with E-state index in [0.29, 0.717) is 13.0 Å². The van der Waals surface area contributed by atoms with E-state index in [9.17, 15) is 4.79 Å². The lowest BCUT2D eigenvalue weighted by Gasteiger charge is -2.06. The van der Waals surface area contributed by atoms with Crippen LogP contribution in [0, 0.1) is 5.92 Å². The van der Waals surface area contributed by atoms with Crippen LogP contribution in [0.15, 0.2) is 30.3 Å². The van der Waals surface area contributed by atoms with Crippen LogP contribution in [0.1, 0.15) is 25.3 Å². The first-order chi connectivity index (χ1) is 7.24. The first-order valence-electron chi connectivity index (χ1n) is 5.50. The van der Waals surface area contributed by atoms with E-state index in [1.54, 1.807) is 0 Å². The quantitative estimate of drug-likeness (QED) is 0.773. The second-order valence-corrected chi connectivity index (χ2v) is 3.94. The summed E-state index contributed by atoms with van der Waals surface area (Å²) < 4.78 is 0. The van der Waals surface area contributed by atoms with Crippen molar-refractivity contribution in [2.24, 2.45) is 11.7 Å². The van der Waals surface area contributed by atoms with Gasteiger partial charge in [-0.3, -0.25) is 4.79 Å².